The highest BCUT2D eigenvalue weighted by molar-refractivity contribution is 5.97. The van der Waals surface area contributed by atoms with Gasteiger partial charge in [-0.2, -0.15) is 5.10 Å². The molecule has 0 unspecified atom stereocenters. The van der Waals surface area contributed by atoms with Crippen LogP contribution in [0, 0.1) is 5.82 Å². The summed E-state index contributed by atoms with van der Waals surface area (Å²) in [4.78, 5) is 19.4. The van der Waals surface area contributed by atoms with Crippen molar-refractivity contribution in [2.45, 2.75) is 13.5 Å². The first-order chi connectivity index (χ1) is 20.0. The van der Waals surface area contributed by atoms with E-state index >= 15 is 0 Å². The Labute approximate surface area is 236 Å². The fraction of sp³-hybridized carbons (Fsp3) is 0.226. The summed E-state index contributed by atoms with van der Waals surface area (Å²) in [6.45, 7) is 4.90. The zero-order valence-corrected chi connectivity index (χ0v) is 23.2. The zero-order chi connectivity index (χ0) is 28.3. The van der Waals surface area contributed by atoms with Gasteiger partial charge in [0.25, 0.3) is 0 Å². The van der Waals surface area contributed by atoms with E-state index in [0.717, 1.165) is 64.0 Å². The molecule has 0 aliphatic carbocycles. The molecule has 4 aromatic heterocycles. The lowest BCUT2D eigenvalue weighted by Gasteiger charge is -2.12. The number of halogens is 1. The maximum Gasteiger partial charge on any atom is 0.159 e. The van der Waals surface area contributed by atoms with Crippen molar-refractivity contribution >= 4 is 21.9 Å². The number of fused-ring (bicyclic) bond motifs is 2. The third-order valence-electron chi connectivity index (χ3n) is 6.84. The van der Waals surface area contributed by atoms with Crippen LogP contribution in [0.5, 0.6) is 5.75 Å². The van der Waals surface area contributed by atoms with E-state index in [9.17, 15) is 4.39 Å². The number of nitrogens with zero attached hydrogens (tertiary/aromatic N) is 5. The van der Waals surface area contributed by atoms with E-state index in [1.54, 1.807) is 6.20 Å². The number of likely N-dealkylation sites (N-methyl/N-ethyl adjacent to an activating group) is 1. The molecule has 0 aliphatic heterocycles. The van der Waals surface area contributed by atoms with Gasteiger partial charge in [-0.15, -0.1) is 0 Å². The van der Waals surface area contributed by atoms with Gasteiger partial charge in [0.05, 0.1) is 28.4 Å². The van der Waals surface area contributed by atoms with Gasteiger partial charge in [0, 0.05) is 48.1 Å². The van der Waals surface area contributed by atoms with Gasteiger partial charge in [-0.25, -0.2) is 9.37 Å². The molecule has 0 amide bonds. The van der Waals surface area contributed by atoms with Crippen LogP contribution >= 0.6 is 0 Å². The SMILES string of the molecule is CCNCc1cncc(-c2cc3c(-c4nc5c(-c6cc(F)cc(OCCN(C)C)c6)cccc5[nH]4)n[nH]c3cn2)c1. The van der Waals surface area contributed by atoms with Gasteiger partial charge in [-0.05, 0) is 62.1 Å². The van der Waals surface area contributed by atoms with E-state index < -0.39 is 0 Å². The summed E-state index contributed by atoms with van der Waals surface area (Å²) in [5, 5.41) is 11.8. The Morgan fingerprint density at radius 1 is 1.00 bits per heavy atom. The Morgan fingerprint density at radius 3 is 2.76 bits per heavy atom. The van der Waals surface area contributed by atoms with Gasteiger partial charge < -0.3 is 19.9 Å². The molecule has 3 N–H and O–H groups in total. The molecule has 0 atom stereocenters. The van der Waals surface area contributed by atoms with Crippen LogP contribution in [0.3, 0.4) is 0 Å². The lowest BCUT2D eigenvalue weighted by atomic mass is 10.0. The summed E-state index contributed by atoms with van der Waals surface area (Å²) in [7, 11) is 3.94. The predicted molar refractivity (Wildman–Crippen MR) is 159 cm³/mol. The molecule has 0 radical (unpaired) electrons. The standard InChI is InChI=1S/C31H31FN8O/c1-4-33-15-19-10-21(17-34-16-19)27-14-25-28(18-35-27)38-39-30(25)31-36-26-7-5-6-24(29(26)37-31)20-11-22(32)13-23(12-20)41-9-8-40(2)3/h5-7,10-14,16-18,33H,4,8-9,15H2,1-3H3,(H,36,37)(H,38,39). The molecule has 0 saturated carbocycles. The average molecular weight is 551 g/mol. The number of ether oxygens (including phenoxy) is 1. The number of rotatable bonds is 10. The molecule has 0 saturated heterocycles. The van der Waals surface area contributed by atoms with Crippen molar-refractivity contribution in [1.82, 2.24) is 40.3 Å². The second-order valence-electron chi connectivity index (χ2n) is 10.2. The minimum atomic E-state index is -0.363. The van der Waals surface area contributed by atoms with Crippen molar-refractivity contribution in [2.75, 3.05) is 33.8 Å². The average Bonchev–Trinajstić information content (AvgIpc) is 3.59. The smallest absolute Gasteiger partial charge is 0.159 e. The maximum atomic E-state index is 14.6. The van der Waals surface area contributed by atoms with Crippen LogP contribution < -0.4 is 10.1 Å². The Balaban J connectivity index is 1.37. The summed E-state index contributed by atoms with van der Waals surface area (Å²) in [5.41, 5.74) is 7.32. The largest absolute Gasteiger partial charge is 0.492 e. The summed E-state index contributed by atoms with van der Waals surface area (Å²) < 4.78 is 20.4. The lowest BCUT2D eigenvalue weighted by Crippen LogP contribution is -2.19. The van der Waals surface area contributed by atoms with E-state index in [0.29, 0.717) is 29.4 Å². The summed E-state index contributed by atoms with van der Waals surface area (Å²) in [6.07, 6.45) is 5.45. The molecule has 41 heavy (non-hydrogen) atoms. The third-order valence-corrected chi connectivity index (χ3v) is 6.84. The Hall–Kier alpha value is -4.67. The summed E-state index contributed by atoms with van der Waals surface area (Å²) in [5.74, 6) is 0.725. The molecule has 0 bridgehead atoms. The normalized spacial score (nSPS) is 11.6. The molecule has 208 valence electrons. The first-order valence-electron chi connectivity index (χ1n) is 13.5. The Kier molecular flexibility index (Phi) is 7.41. The van der Waals surface area contributed by atoms with Crippen molar-refractivity contribution in [3.05, 3.63) is 78.5 Å². The maximum absolute atomic E-state index is 14.6. The number of para-hydroxylation sites is 1. The van der Waals surface area contributed by atoms with Crippen LogP contribution in [0.2, 0.25) is 0 Å². The van der Waals surface area contributed by atoms with E-state index in [1.165, 1.54) is 12.1 Å². The number of H-pyrrole nitrogens is 2. The number of aromatic amines is 2. The van der Waals surface area contributed by atoms with Crippen molar-refractivity contribution in [1.29, 1.82) is 0 Å². The van der Waals surface area contributed by atoms with Crippen LogP contribution in [-0.2, 0) is 6.54 Å². The van der Waals surface area contributed by atoms with Crippen LogP contribution in [0.1, 0.15) is 12.5 Å². The fourth-order valence-corrected chi connectivity index (χ4v) is 4.77. The molecule has 4 heterocycles. The summed E-state index contributed by atoms with van der Waals surface area (Å²) >= 11 is 0. The number of aromatic nitrogens is 6. The monoisotopic (exact) mass is 550 g/mol. The van der Waals surface area contributed by atoms with Crippen LogP contribution in [0.25, 0.3) is 55.8 Å². The van der Waals surface area contributed by atoms with Crippen molar-refractivity contribution in [2.24, 2.45) is 0 Å². The highest BCUT2D eigenvalue weighted by Gasteiger charge is 2.17. The molecule has 0 spiro atoms. The van der Waals surface area contributed by atoms with Gasteiger partial charge in [0.1, 0.15) is 23.9 Å². The fourth-order valence-electron chi connectivity index (χ4n) is 4.77. The van der Waals surface area contributed by atoms with Gasteiger partial charge >= 0.3 is 0 Å². The minimum absolute atomic E-state index is 0.363. The Bertz CT molecular complexity index is 1830. The molecule has 6 aromatic rings. The highest BCUT2D eigenvalue weighted by atomic mass is 19.1. The number of imidazole rings is 1. The van der Waals surface area contributed by atoms with Crippen LogP contribution in [-0.4, -0.2) is 68.8 Å². The van der Waals surface area contributed by atoms with E-state index in [1.807, 2.05) is 61.7 Å². The number of hydrogen-bond acceptors (Lipinski definition) is 7. The first-order valence-corrected chi connectivity index (χ1v) is 13.5. The predicted octanol–water partition coefficient (Wildman–Crippen LogP) is 5.42. The number of benzene rings is 2. The molecule has 6 rings (SSSR count). The molecule has 0 fully saturated rings. The number of nitrogens with one attached hydrogen (secondary N) is 3. The highest BCUT2D eigenvalue weighted by Crippen LogP contribution is 2.34. The van der Waals surface area contributed by atoms with Gasteiger partial charge in [-0.3, -0.25) is 15.1 Å². The second-order valence-corrected chi connectivity index (χ2v) is 10.2. The zero-order valence-electron chi connectivity index (χ0n) is 23.2. The van der Waals surface area contributed by atoms with Gasteiger partial charge in [-0.1, -0.05) is 19.1 Å². The van der Waals surface area contributed by atoms with Gasteiger partial charge in [0.2, 0.25) is 0 Å². The molecule has 2 aromatic carbocycles. The molecule has 10 heteroatoms. The van der Waals surface area contributed by atoms with E-state index in [-0.39, 0.29) is 5.82 Å². The number of pyridine rings is 2. The topological polar surface area (TPSA) is 108 Å². The lowest BCUT2D eigenvalue weighted by molar-refractivity contribution is 0.260. The van der Waals surface area contributed by atoms with Crippen molar-refractivity contribution in [3.8, 4) is 39.7 Å². The van der Waals surface area contributed by atoms with Crippen molar-refractivity contribution in [3.63, 3.8) is 0 Å². The molecular weight excluding hydrogens is 519 g/mol. The third kappa shape index (κ3) is 5.65. The Morgan fingerprint density at radius 2 is 1.90 bits per heavy atom. The molecule has 9 nitrogen and oxygen atoms in total. The van der Waals surface area contributed by atoms with E-state index in [2.05, 4.69) is 43.5 Å². The van der Waals surface area contributed by atoms with Gasteiger partial charge in [0.15, 0.2) is 5.82 Å². The quantitative estimate of drug-likeness (QED) is 0.209. The second kappa shape index (κ2) is 11.4. The summed E-state index contributed by atoms with van der Waals surface area (Å²) in [6, 6.07) is 14.7. The van der Waals surface area contributed by atoms with Crippen LogP contribution in [0.15, 0.2) is 67.1 Å². The minimum Gasteiger partial charge on any atom is -0.492 e. The molecule has 0 aliphatic rings. The number of hydrogen-bond donors (Lipinski definition) is 3. The van der Waals surface area contributed by atoms with Crippen molar-refractivity contribution < 1.29 is 9.13 Å². The van der Waals surface area contributed by atoms with Crippen LogP contribution in [0.4, 0.5) is 4.39 Å². The molecular formula is C31H31FN8O. The van der Waals surface area contributed by atoms with E-state index in [4.69, 9.17) is 9.72 Å². The first kappa shape index (κ1) is 26.5.